The number of aryl methyl sites for hydroxylation is 2. The standard InChI is InChI=1S/C18H18N6/c1-12-22-16-8-15(5-6-17(16)24(12)2)20-10-14-11-21-23-18(14)13-4-3-7-19-9-13/h3-9,11,20H,10H2,1-2H3,(H,21,23). The smallest absolute Gasteiger partial charge is 0.106 e. The molecule has 3 aromatic heterocycles. The largest absolute Gasteiger partial charge is 0.381 e. The third-order valence-corrected chi connectivity index (χ3v) is 4.26. The molecular weight excluding hydrogens is 300 g/mol. The average molecular weight is 318 g/mol. The Balaban J connectivity index is 1.57. The molecule has 3 heterocycles. The molecule has 1 aromatic carbocycles. The first kappa shape index (κ1) is 14.4. The number of H-pyrrole nitrogens is 1. The van der Waals surface area contributed by atoms with Gasteiger partial charge in [-0.2, -0.15) is 5.10 Å². The van der Waals surface area contributed by atoms with Gasteiger partial charge in [0, 0.05) is 42.8 Å². The van der Waals surface area contributed by atoms with Crippen molar-refractivity contribution in [1.82, 2.24) is 24.7 Å². The number of benzene rings is 1. The van der Waals surface area contributed by atoms with Gasteiger partial charge in [-0.3, -0.25) is 10.1 Å². The molecule has 0 saturated carbocycles. The van der Waals surface area contributed by atoms with E-state index in [1.165, 1.54) is 0 Å². The highest BCUT2D eigenvalue weighted by Crippen LogP contribution is 2.23. The fourth-order valence-electron chi connectivity index (χ4n) is 2.83. The lowest BCUT2D eigenvalue weighted by Gasteiger charge is -2.07. The zero-order valence-corrected chi connectivity index (χ0v) is 13.6. The zero-order chi connectivity index (χ0) is 16.5. The number of hydrogen-bond donors (Lipinski definition) is 2. The van der Waals surface area contributed by atoms with Gasteiger partial charge in [0.25, 0.3) is 0 Å². The van der Waals surface area contributed by atoms with Gasteiger partial charge in [-0.15, -0.1) is 0 Å². The summed E-state index contributed by atoms with van der Waals surface area (Å²) in [5.41, 5.74) is 6.30. The average Bonchev–Trinajstić information content (AvgIpc) is 3.19. The van der Waals surface area contributed by atoms with E-state index in [9.17, 15) is 0 Å². The van der Waals surface area contributed by atoms with Gasteiger partial charge in [-0.05, 0) is 37.3 Å². The second-order valence-corrected chi connectivity index (χ2v) is 5.79. The van der Waals surface area contributed by atoms with E-state index in [1.54, 1.807) is 6.20 Å². The van der Waals surface area contributed by atoms with Gasteiger partial charge in [0.1, 0.15) is 5.82 Å². The number of imidazole rings is 1. The summed E-state index contributed by atoms with van der Waals surface area (Å²) in [5.74, 6) is 1.01. The van der Waals surface area contributed by atoms with E-state index in [2.05, 4.69) is 48.2 Å². The summed E-state index contributed by atoms with van der Waals surface area (Å²) < 4.78 is 2.09. The van der Waals surface area contributed by atoms with Crippen molar-refractivity contribution in [3.63, 3.8) is 0 Å². The Kier molecular flexibility index (Phi) is 3.49. The van der Waals surface area contributed by atoms with Crippen LogP contribution in [-0.2, 0) is 13.6 Å². The van der Waals surface area contributed by atoms with Crippen LogP contribution in [0.2, 0.25) is 0 Å². The number of fused-ring (bicyclic) bond motifs is 1. The number of anilines is 1. The van der Waals surface area contributed by atoms with Gasteiger partial charge in [-0.1, -0.05) is 0 Å². The summed E-state index contributed by atoms with van der Waals surface area (Å²) in [7, 11) is 2.03. The Hall–Kier alpha value is -3.15. The number of nitrogens with zero attached hydrogens (tertiary/aromatic N) is 4. The lowest BCUT2D eigenvalue weighted by atomic mass is 10.1. The maximum Gasteiger partial charge on any atom is 0.106 e. The molecule has 24 heavy (non-hydrogen) atoms. The van der Waals surface area contributed by atoms with Crippen molar-refractivity contribution in [1.29, 1.82) is 0 Å². The van der Waals surface area contributed by atoms with Crippen LogP contribution in [0.5, 0.6) is 0 Å². The number of nitrogens with one attached hydrogen (secondary N) is 2. The van der Waals surface area contributed by atoms with E-state index in [1.807, 2.05) is 38.5 Å². The molecule has 0 saturated heterocycles. The third-order valence-electron chi connectivity index (χ3n) is 4.26. The van der Waals surface area contributed by atoms with Crippen molar-refractivity contribution in [2.45, 2.75) is 13.5 Å². The molecule has 2 N–H and O–H groups in total. The van der Waals surface area contributed by atoms with Crippen molar-refractivity contribution in [2.24, 2.45) is 7.05 Å². The molecule has 0 amide bonds. The van der Waals surface area contributed by atoms with E-state index >= 15 is 0 Å². The molecule has 0 unspecified atom stereocenters. The van der Waals surface area contributed by atoms with Crippen molar-refractivity contribution < 1.29 is 0 Å². The normalized spacial score (nSPS) is 11.1. The highest BCUT2D eigenvalue weighted by atomic mass is 15.1. The van der Waals surface area contributed by atoms with E-state index in [-0.39, 0.29) is 0 Å². The van der Waals surface area contributed by atoms with Crippen molar-refractivity contribution >= 4 is 16.7 Å². The molecule has 0 atom stereocenters. The van der Waals surface area contributed by atoms with Crippen LogP contribution < -0.4 is 5.32 Å². The molecule has 4 aromatic rings. The molecule has 0 radical (unpaired) electrons. The van der Waals surface area contributed by atoms with Crippen LogP contribution in [0.25, 0.3) is 22.3 Å². The summed E-state index contributed by atoms with van der Waals surface area (Å²) in [5, 5.41) is 10.7. The molecule has 0 aliphatic heterocycles. The molecule has 0 aliphatic rings. The zero-order valence-electron chi connectivity index (χ0n) is 13.6. The van der Waals surface area contributed by atoms with Crippen LogP contribution in [0.3, 0.4) is 0 Å². The van der Waals surface area contributed by atoms with Crippen LogP contribution >= 0.6 is 0 Å². The fourth-order valence-corrected chi connectivity index (χ4v) is 2.83. The first-order valence-electron chi connectivity index (χ1n) is 7.82. The fraction of sp³-hybridized carbons (Fsp3) is 0.167. The Morgan fingerprint density at radius 1 is 1.21 bits per heavy atom. The highest BCUT2D eigenvalue weighted by Gasteiger charge is 2.09. The topological polar surface area (TPSA) is 71.4 Å². The number of aromatic amines is 1. The van der Waals surface area contributed by atoms with E-state index < -0.39 is 0 Å². The molecule has 0 bridgehead atoms. The predicted octanol–water partition coefficient (Wildman–Crippen LogP) is 3.28. The minimum Gasteiger partial charge on any atom is -0.381 e. The van der Waals surface area contributed by atoms with E-state index in [0.717, 1.165) is 39.4 Å². The Labute approximate surface area is 139 Å². The monoisotopic (exact) mass is 318 g/mol. The predicted molar refractivity (Wildman–Crippen MR) is 94.6 cm³/mol. The Morgan fingerprint density at radius 3 is 2.96 bits per heavy atom. The Bertz CT molecular complexity index is 983. The van der Waals surface area contributed by atoms with Crippen LogP contribution in [0.4, 0.5) is 5.69 Å². The van der Waals surface area contributed by atoms with E-state index in [4.69, 9.17) is 0 Å². The molecule has 0 fully saturated rings. The first-order valence-corrected chi connectivity index (χ1v) is 7.82. The Morgan fingerprint density at radius 2 is 2.12 bits per heavy atom. The summed E-state index contributed by atoms with van der Waals surface area (Å²) in [6.07, 6.45) is 5.44. The molecule has 0 aliphatic carbocycles. The van der Waals surface area contributed by atoms with Gasteiger partial charge in [-0.25, -0.2) is 4.98 Å². The lowest BCUT2D eigenvalue weighted by molar-refractivity contribution is 0.886. The SMILES string of the molecule is Cc1nc2cc(NCc3cn[nH]c3-c3cccnc3)ccc2n1C. The van der Waals surface area contributed by atoms with Crippen LogP contribution in [0.15, 0.2) is 48.9 Å². The number of hydrogen-bond acceptors (Lipinski definition) is 4. The molecule has 4 rings (SSSR count). The van der Waals surface area contributed by atoms with Crippen molar-refractivity contribution in [3.05, 3.63) is 60.3 Å². The molecule has 6 heteroatoms. The van der Waals surface area contributed by atoms with Gasteiger partial charge < -0.3 is 9.88 Å². The molecule has 0 spiro atoms. The van der Waals surface area contributed by atoms with Gasteiger partial charge in [0.2, 0.25) is 0 Å². The molecule has 120 valence electrons. The first-order chi connectivity index (χ1) is 11.7. The highest BCUT2D eigenvalue weighted by molar-refractivity contribution is 5.80. The molecular formula is C18H18N6. The summed E-state index contributed by atoms with van der Waals surface area (Å²) in [4.78, 5) is 8.75. The van der Waals surface area contributed by atoms with Crippen LogP contribution in [0.1, 0.15) is 11.4 Å². The maximum atomic E-state index is 4.58. The van der Waals surface area contributed by atoms with Gasteiger partial charge >= 0.3 is 0 Å². The minimum absolute atomic E-state index is 0.679. The summed E-state index contributed by atoms with van der Waals surface area (Å²) in [6, 6.07) is 10.2. The number of rotatable bonds is 4. The van der Waals surface area contributed by atoms with Gasteiger partial charge in [0.15, 0.2) is 0 Å². The minimum atomic E-state index is 0.679. The van der Waals surface area contributed by atoms with Crippen molar-refractivity contribution in [3.8, 4) is 11.3 Å². The quantitative estimate of drug-likeness (QED) is 0.606. The van der Waals surface area contributed by atoms with Crippen LogP contribution in [-0.4, -0.2) is 24.7 Å². The third kappa shape index (κ3) is 2.52. The van der Waals surface area contributed by atoms with E-state index in [0.29, 0.717) is 6.54 Å². The second kappa shape index (κ2) is 5.81. The maximum absolute atomic E-state index is 4.58. The number of pyridine rings is 1. The summed E-state index contributed by atoms with van der Waals surface area (Å²) >= 11 is 0. The lowest BCUT2D eigenvalue weighted by Crippen LogP contribution is -2.00. The van der Waals surface area contributed by atoms with Crippen molar-refractivity contribution in [2.75, 3.05) is 5.32 Å². The van der Waals surface area contributed by atoms with Crippen LogP contribution in [0, 0.1) is 6.92 Å². The second-order valence-electron chi connectivity index (χ2n) is 5.79. The van der Waals surface area contributed by atoms with Gasteiger partial charge in [0.05, 0.1) is 22.9 Å². The number of aromatic nitrogens is 5. The summed E-state index contributed by atoms with van der Waals surface area (Å²) in [6.45, 7) is 2.69. The molecule has 6 nitrogen and oxygen atoms in total.